The normalized spacial score (nSPS) is 26.3. The highest BCUT2D eigenvalue weighted by Gasteiger charge is 2.46. The van der Waals surface area contributed by atoms with E-state index in [0.717, 1.165) is 42.9 Å². The van der Waals surface area contributed by atoms with Gasteiger partial charge >= 0.3 is 0 Å². The standard InChI is InChI=1S/C16H21ClN2O/c1-19(11-6-8-18-9-7-11)16(20)14-10-13(14)12-4-2-3-5-15(12)17/h2-5,11,13-14,18H,6-10H2,1H3/t13-,14-/m0/s1. The molecule has 2 aliphatic rings. The molecule has 1 aliphatic carbocycles. The fourth-order valence-corrected chi connectivity index (χ4v) is 3.50. The van der Waals surface area contributed by atoms with E-state index in [1.165, 1.54) is 0 Å². The minimum atomic E-state index is 0.134. The third kappa shape index (κ3) is 2.70. The number of carbonyl (C=O) groups excluding carboxylic acids is 1. The van der Waals surface area contributed by atoms with Crippen molar-refractivity contribution in [2.45, 2.75) is 31.2 Å². The smallest absolute Gasteiger partial charge is 0.226 e. The lowest BCUT2D eigenvalue weighted by molar-refractivity contribution is -0.133. The second-order valence-corrected chi connectivity index (χ2v) is 6.31. The van der Waals surface area contributed by atoms with E-state index in [9.17, 15) is 4.79 Å². The maximum absolute atomic E-state index is 12.6. The van der Waals surface area contributed by atoms with Crippen LogP contribution in [0.25, 0.3) is 0 Å². The summed E-state index contributed by atoms with van der Waals surface area (Å²) in [5, 5.41) is 4.13. The zero-order valence-electron chi connectivity index (χ0n) is 11.8. The van der Waals surface area contributed by atoms with Crippen molar-refractivity contribution in [3.05, 3.63) is 34.9 Å². The zero-order valence-corrected chi connectivity index (χ0v) is 12.6. The van der Waals surface area contributed by atoms with E-state index in [4.69, 9.17) is 11.6 Å². The molecule has 20 heavy (non-hydrogen) atoms. The average Bonchev–Trinajstić information content (AvgIpc) is 3.27. The molecule has 0 spiro atoms. The van der Waals surface area contributed by atoms with Crippen LogP contribution >= 0.6 is 11.6 Å². The number of carbonyl (C=O) groups is 1. The fraction of sp³-hybridized carbons (Fsp3) is 0.562. The number of nitrogens with zero attached hydrogens (tertiary/aromatic N) is 1. The van der Waals surface area contributed by atoms with Gasteiger partial charge in [-0.2, -0.15) is 0 Å². The molecule has 108 valence electrons. The third-order valence-corrected chi connectivity index (χ3v) is 4.96. The predicted octanol–water partition coefficient (Wildman–Crippen LogP) is 2.65. The van der Waals surface area contributed by atoms with E-state index in [1.807, 2.05) is 36.2 Å². The molecule has 1 saturated heterocycles. The molecule has 1 saturated carbocycles. The predicted molar refractivity (Wildman–Crippen MR) is 81.0 cm³/mol. The van der Waals surface area contributed by atoms with Crippen LogP contribution < -0.4 is 5.32 Å². The Kier molecular flexibility index (Phi) is 3.99. The maximum atomic E-state index is 12.6. The summed E-state index contributed by atoms with van der Waals surface area (Å²) in [4.78, 5) is 14.5. The second-order valence-electron chi connectivity index (χ2n) is 5.90. The minimum absolute atomic E-state index is 0.134. The van der Waals surface area contributed by atoms with Crippen LogP contribution in [0.15, 0.2) is 24.3 Å². The van der Waals surface area contributed by atoms with Gasteiger partial charge in [0.1, 0.15) is 0 Å². The first-order valence-corrected chi connectivity index (χ1v) is 7.78. The van der Waals surface area contributed by atoms with Gasteiger partial charge < -0.3 is 10.2 Å². The van der Waals surface area contributed by atoms with Gasteiger partial charge in [0.2, 0.25) is 5.91 Å². The minimum Gasteiger partial charge on any atom is -0.342 e. The van der Waals surface area contributed by atoms with Crippen molar-refractivity contribution in [3.8, 4) is 0 Å². The number of benzene rings is 1. The van der Waals surface area contributed by atoms with Crippen LogP contribution in [0, 0.1) is 5.92 Å². The first-order chi connectivity index (χ1) is 9.68. The van der Waals surface area contributed by atoms with Crippen molar-refractivity contribution in [1.82, 2.24) is 10.2 Å². The number of hydrogen-bond acceptors (Lipinski definition) is 2. The molecule has 4 heteroatoms. The van der Waals surface area contributed by atoms with Crippen molar-refractivity contribution in [1.29, 1.82) is 0 Å². The van der Waals surface area contributed by atoms with Gasteiger partial charge in [-0.15, -0.1) is 0 Å². The van der Waals surface area contributed by atoms with Gasteiger partial charge in [-0.25, -0.2) is 0 Å². The summed E-state index contributed by atoms with van der Waals surface area (Å²) < 4.78 is 0. The SMILES string of the molecule is CN(C(=O)[C@H]1C[C@H]1c1ccccc1Cl)C1CCNCC1. The van der Waals surface area contributed by atoms with Gasteiger partial charge in [0.05, 0.1) is 0 Å². The molecule has 0 aromatic heterocycles. The summed E-state index contributed by atoms with van der Waals surface area (Å²) in [6.45, 7) is 2.03. The highest BCUT2D eigenvalue weighted by Crippen LogP contribution is 2.50. The van der Waals surface area contributed by atoms with Gasteiger partial charge in [0.15, 0.2) is 0 Å². The molecule has 1 heterocycles. The Balaban J connectivity index is 1.63. The van der Waals surface area contributed by atoms with E-state index >= 15 is 0 Å². The van der Waals surface area contributed by atoms with Crippen molar-refractivity contribution in [2.75, 3.05) is 20.1 Å². The summed E-state index contributed by atoms with van der Waals surface area (Å²) in [6, 6.07) is 8.29. The third-order valence-electron chi connectivity index (χ3n) is 4.62. The molecular weight excluding hydrogens is 272 g/mol. The van der Waals surface area contributed by atoms with Crippen LogP contribution in [-0.2, 0) is 4.79 Å². The molecular formula is C16H21ClN2O. The van der Waals surface area contributed by atoms with Crippen molar-refractivity contribution >= 4 is 17.5 Å². The Morgan fingerprint density at radius 2 is 2.00 bits per heavy atom. The number of amides is 1. The molecule has 0 bridgehead atoms. The van der Waals surface area contributed by atoms with E-state index in [0.29, 0.717) is 17.9 Å². The second kappa shape index (κ2) is 5.74. The molecule has 0 unspecified atom stereocenters. The maximum Gasteiger partial charge on any atom is 0.226 e. The molecule has 3 nitrogen and oxygen atoms in total. The lowest BCUT2D eigenvalue weighted by Crippen LogP contribution is -2.44. The van der Waals surface area contributed by atoms with Crippen molar-refractivity contribution < 1.29 is 4.79 Å². The van der Waals surface area contributed by atoms with E-state index in [-0.39, 0.29) is 5.92 Å². The summed E-state index contributed by atoms with van der Waals surface area (Å²) in [7, 11) is 1.96. The zero-order chi connectivity index (χ0) is 14.1. The Morgan fingerprint density at radius 1 is 1.30 bits per heavy atom. The number of rotatable bonds is 3. The van der Waals surface area contributed by atoms with Crippen molar-refractivity contribution in [3.63, 3.8) is 0 Å². The highest BCUT2D eigenvalue weighted by atomic mass is 35.5. The molecule has 0 radical (unpaired) electrons. The van der Waals surface area contributed by atoms with E-state index in [2.05, 4.69) is 5.32 Å². The lowest BCUT2D eigenvalue weighted by atomic mass is 10.0. The van der Waals surface area contributed by atoms with Crippen LogP contribution in [0.4, 0.5) is 0 Å². The molecule has 1 aromatic rings. The quantitative estimate of drug-likeness (QED) is 0.929. The number of piperidine rings is 1. The summed E-state index contributed by atoms with van der Waals surface area (Å²) in [5.74, 6) is 0.747. The summed E-state index contributed by atoms with van der Waals surface area (Å²) in [6.07, 6.45) is 3.06. The molecule has 2 fully saturated rings. The van der Waals surface area contributed by atoms with E-state index < -0.39 is 0 Å². The summed E-state index contributed by atoms with van der Waals surface area (Å²) >= 11 is 6.22. The highest BCUT2D eigenvalue weighted by molar-refractivity contribution is 6.31. The Morgan fingerprint density at radius 3 is 2.70 bits per heavy atom. The van der Waals surface area contributed by atoms with Crippen LogP contribution in [0.3, 0.4) is 0 Å². The van der Waals surface area contributed by atoms with E-state index in [1.54, 1.807) is 0 Å². The first kappa shape index (κ1) is 13.9. The van der Waals surface area contributed by atoms with Crippen LogP contribution in [0.5, 0.6) is 0 Å². The average molecular weight is 293 g/mol. The lowest BCUT2D eigenvalue weighted by Gasteiger charge is -2.32. The molecule has 1 amide bonds. The monoisotopic (exact) mass is 292 g/mol. The molecule has 1 aliphatic heterocycles. The number of halogens is 1. The van der Waals surface area contributed by atoms with Gasteiger partial charge in [-0.05, 0) is 49.9 Å². The molecule has 1 aromatic carbocycles. The number of nitrogens with one attached hydrogen (secondary N) is 1. The topological polar surface area (TPSA) is 32.3 Å². The van der Waals surface area contributed by atoms with Crippen molar-refractivity contribution in [2.24, 2.45) is 5.92 Å². The Labute approximate surface area is 125 Å². The summed E-state index contributed by atoms with van der Waals surface area (Å²) in [5.41, 5.74) is 1.13. The van der Waals surface area contributed by atoms with Crippen LogP contribution in [0.1, 0.15) is 30.7 Å². The first-order valence-electron chi connectivity index (χ1n) is 7.40. The Hall–Kier alpha value is -1.06. The fourth-order valence-electron chi connectivity index (χ4n) is 3.22. The molecule has 2 atom stereocenters. The van der Waals surface area contributed by atoms with Gasteiger partial charge in [0.25, 0.3) is 0 Å². The largest absolute Gasteiger partial charge is 0.342 e. The molecule has 1 N–H and O–H groups in total. The Bertz CT molecular complexity index is 499. The molecule has 3 rings (SSSR count). The van der Waals surface area contributed by atoms with Gasteiger partial charge in [0, 0.05) is 24.0 Å². The number of hydrogen-bond donors (Lipinski definition) is 1. The van der Waals surface area contributed by atoms with Crippen LogP contribution in [-0.4, -0.2) is 37.0 Å². The van der Waals surface area contributed by atoms with Gasteiger partial charge in [-0.1, -0.05) is 29.8 Å². The van der Waals surface area contributed by atoms with Crippen LogP contribution in [0.2, 0.25) is 5.02 Å². The van der Waals surface area contributed by atoms with Gasteiger partial charge in [-0.3, -0.25) is 4.79 Å².